The molecule has 2 aromatic rings. The first-order valence-corrected chi connectivity index (χ1v) is 6.53. The summed E-state index contributed by atoms with van der Waals surface area (Å²) in [6.45, 7) is 2.21. The van der Waals surface area contributed by atoms with Crippen LogP contribution in [0.5, 0.6) is 0 Å². The van der Waals surface area contributed by atoms with Crippen molar-refractivity contribution >= 4 is 29.3 Å². The van der Waals surface area contributed by atoms with Gasteiger partial charge in [0.2, 0.25) is 0 Å². The minimum Gasteiger partial charge on any atom is -0.270 e. The molecule has 0 bridgehead atoms. The van der Waals surface area contributed by atoms with Crippen LogP contribution in [0.25, 0.3) is 0 Å². The van der Waals surface area contributed by atoms with Crippen LogP contribution in [0.2, 0.25) is 5.02 Å². The number of hydrogen-bond donors (Lipinski definition) is 1. The summed E-state index contributed by atoms with van der Waals surface area (Å²) >= 11 is 12.1. The molecule has 1 amide bonds. The van der Waals surface area contributed by atoms with Gasteiger partial charge in [-0.05, 0) is 24.1 Å². The highest BCUT2D eigenvalue weighted by atomic mass is 35.5. The van der Waals surface area contributed by atoms with E-state index in [0.29, 0.717) is 10.6 Å². The largest absolute Gasteiger partial charge is 0.270 e. The van der Waals surface area contributed by atoms with Gasteiger partial charge in [-0.2, -0.15) is 0 Å². The van der Waals surface area contributed by atoms with E-state index < -0.39 is 0 Å². The molecule has 20 heavy (non-hydrogen) atoms. The molecule has 0 aliphatic rings. The van der Waals surface area contributed by atoms with Gasteiger partial charge in [0.05, 0.1) is 12.1 Å². The average molecular weight is 311 g/mol. The summed E-state index contributed by atoms with van der Waals surface area (Å²) < 4.78 is 1.16. The minimum atomic E-state index is -0.384. The molecule has 0 fully saturated rings. The van der Waals surface area contributed by atoms with Gasteiger partial charge in [-0.3, -0.25) is 10.2 Å². The first-order valence-electron chi connectivity index (χ1n) is 5.81. The quantitative estimate of drug-likeness (QED) is 0.697. The number of halogens is 2. The lowest BCUT2D eigenvalue weighted by Gasteiger charge is -2.17. The average Bonchev–Trinajstić information content (AvgIpc) is 2.44. The molecule has 0 aliphatic heterocycles. The van der Waals surface area contributed by atoms with Gasteiger partial charge in [0.25, 0.3) is 5.91 Å². The van der Waals surface area contributed by atoms with E-state index in [1.807, 2.05) is 19.1 Å². The van der Waals surface area contributed by atoms with Gasteiger partial charge < -0.3 is 0 Å². The molecule has 0 aliphatic carbocycles. The van der Waals surface area contributed by atoms with E-state index in [2.05, 4.69) is 15.4 Å². The fraction of sp³-hybridized carbons (Fsp3) is 0.154. The molecular formula is C13H12Cl2N4O. The van der Waals surface area contributed by atoms with Crippen molar-refractivity contribution in [3.8, 4) is 0 Å². The fourth-order valence-electron chi connectivity index (χ4n) is 1.64. The van der Waals surface area contributed by atoms with E-state index in [1.54, 1.807) is 6.07 Å². The standard InChI is InChI=1S/C13H12Cl2N4O/c1-9-3-2-4-12(14)11(9)7-19(15)18-13(20)10-5-16-8-17-6-10/h2-6,8H,7H2,1H3,(H,18,20). The summed E-state index contributed by atoms with van der Waals surface area (Å²) in [5, 5.41) is 0.605. The summed E-state index contributed by atoms with van der Waals surface area (Å²) in [7, 11) is 0. The zero-order valence-electron chi connectivity index (χ0n) is 10.7. The van der Waals surface area contributed by atoms with Crippen LogP contribution in [0.15, 0.2) is 36.9 Å². The first kappa shape index (κ1) is 14.7. The van der Waals surface area contributed by atoms with Crippen LogP contribution in [0.4, 0.5) is 0 Å². The number of aryl methyl sites for hydroxylation is 1. The lowest BCUT2D eigenvalue weighted by molar-refractivity contribution is 0.0877. The summed E-state index contributed by atoms with van der Waals surface area (Å²) in [6.07, 6.45) is 4.17. The van der Waals surface area contributed by atoms with E-state index >= 15 is 0 Å². The van der Waals surface area contributed by atoms with E-state index in [0.717, 1.165) is 15.7 Å². The molecule has 0 atom stereocenters. The van der Waals surface area contributed by atoms with Crippen LogP contribution in [0.3, 0.4) is 0 Å². The topological polar surface area (TPSA) is 58.1 Å². The van der Waals surface area contributed by atoms with Crippen LogP contribution in [0, 0.1) is 6.92 Å². The summed E-state index contributed by atoms with van der Waals surface area (Å²) in [5.74, 6) is -0.384. The minimum absolute atomic E-state index is 0.284. The molecule has 1 N–H and O–H groups in total. The van der Waals surface area contributed by atoms with Gasteiger partial charge in [0.15, 0.2) is 0 Å². The molecule has 1 aromatic carbocycles. The smallest absolute Gasteiger partial charge is 0.269 e. The van der Waals surface area contributed by atoms with Crippen molar-refractivity contribution in [3.63, 3.8) is 0 Å². The number of amides is 1. The third-order valence-corrected chi connectivity index (χ3v) is 3.25. The maximum absolute atomic E-state index is 11.9. The van der Waals surface area contributed by atoms with Gasteiger partial charge >= 0.3 is 0 Å². The second kappa shape index (κ2) is 6.65. The van der Waals surface area contributed by atoms with Gasteiger partial charge in [0.1, 0.15) is 6.33 Å². The first-order chi connectivity index (χ1) is 9.58. The molecule has 0 saturated carbocycles. The number of carbonyl (C=O) groups is 1. The maximum atomic E-state index is 11.9. The Morgan fingerprint density at radius 3 is 2.70 bits per heavy atom. The second-order valence-corrected chi connectivity index (χ2v) is 4.94. The van der Waals surface area contributed by atoms with Crippen LogP contribution in [-0.2, 0) is 6.54 Å². The molecule has 7 heteroatoms. The lowest BCUT2D eigenvalue weighted by Crippen LogP contribution is -2.35. The summed E-state index contributed by atoms with van der Waals surface area (Å²) in [6, 6.07) is 5.57. The number of nitrogens with one attached hydrogen (secondary N) is 1. The third kappa shape index (κ3) is 3.66. The molecule has 0 radical (unpaired) electrons. The number of hydrazine groups is 1. The number of carbonyl (C=O) groups excluding carboxylic acids is 1. The number of aromatic nitrogens is 2. The molecule has 0 spiro atoms. The predicted octanol–water partition coefficient (Wildman–Crippen LogP) is 2.74. The second-order valence-electron chi connectivity index (χ2n) is 4.12. The van der Waals surface area contributed by atoms with E-state index in [4.69, 9.17) is 23.4 Å². The molecule has 1 aromatic heterocycles. The summed E-state index contributed by atoms with van der Waals surface area (Å²) in [5.41, 5.74) is 4.70. The molecule has 5 nitrogen and oxygen atoms in total. The van der Waals surface area contributed by atoms with Crippen molar-refractivity contribution < 1.29 is 4.79 Å². The van der Waals surface area contributed by atoms with Crippen molar-refractivity contribution in [2.75, 3.05) is 0 Å². The van der Waals surface area contributed by atoms with Crippen molar-refractivity contribution in [1.29, 1.82) is 0 Å². The normalized spacial score (nSPS) is 10.6. The molecule has 104 valence electrons. The highest BCUT2D eigenvalue weighted by Crippen LogP contribution is 2.21. The maximum Gasteiger partial charge on any atom is 0.269 e. The van der Waals surface area contributed by atoms with E-state index in [1.165, 1.54) is 18.7 Å². The molecular weight excluding hydrogens is 299 g/mol. The van der Waals surface area contributed by atoms with Gasteiger partial charge in [-0.1, -0.05) is 23.7 Å². The molecule has 0 saturated heterocycles. The van der Waals surface area contributed by atoms with Gasteiger partial charge in [-0.15, -0.1) is 4.53 Å². The number of nitrogens with zero attached hydrogens (tertiary/aromatic N) is 3. The Bertz CT molecular complexity index is 586. The SMILES string of the molecule is Cc1cccc(Cl)c1CN(Cl)NC(=O)c1cncnc1. The van der Waals surface area contributed by atoms with Crippen LogP contribution in [-0.4, -0.2) is 20.4 Å². The fourth-order valence-corrected chi connectivity index (χ4v) is 2.11. The third-order valence-electron chi connectivity index (χ3n) is 2.70. The monoisotopic (exact) mass is 310 g/mol. The number of hydrogen-bond acceptors (Lipinski definition) is 4. The zero-order chi connectivity index (χ0) is 14.5. The Morgan fingerprint density at radius 2 is 2.05 bits per heavy atom. The van der Waals surface area contributed by atoms with Crippen molar-refractivity contribution in [2.45, 2.75) is 13.5 Å². The van der Waals surface area contributed by atoms with Gasteiger partial charge in [0, 0.05) is 29.2 Å². The molecule has 2 rings (SSSR count). The Hall–Kier alpha value is -1.69. The zero-order valence-corrected chi connectivity index (χ0v) is 12.2. The number of benzene rings is 1. The van der Waals surface area contributed by atoms with E-state index in [-0.39, 0.29) is 12.5 Å². The Kier molecular flexibility index (Phi) is 4.89. The van der Waals surface area contributed by atoms with Gasteiger partial charge in [-0.25, -0.2) is 9.97 Å². The van der Waals surface area contributed by atoms with E-state index in [9.17, 15) is 4.79 Å². The Balaban J connectivity index is 2.03. The van der Waals surface area contributed by atoms with Crippen molar-refractivity contribution in [1.82, 2.24) is 19.9 Å². The Morgan fingerprint density at radius 1 is 1.35 bits per heavy atom. The Labute approximate surface area is 126 Å². The van der Waals surface area contributed by atoms with Crippen molar-refractivity contribution in [2.24, 2.45) is 0 Å². The lowest BCUT2D eigenvalue weighted by atomic mass is 10.1. The highest BCUT2D eigenvalue weighted by molar-refractivity contribution is 6.31. The molecule has 0 unspecified atom stereocenters. The van der Waals surface area contributed by atoms with Crippen LogP contribution >= 0.6 is 23.4 Å². The van der Waals surface area contributed by atoms with Crippen LogP contribution in [0.1, 0.15) is 21.5 Å². The predicted molar refractivity (Wildman–Crippen MR) is 77.1 cm³/mol. The molecule has 1 heterocycles. The summed E-state index contributed by atoms with van der Waals surface area (Å²) in [4.78, 5) is 19.4. The van der Waals surface area contributed by atoms with Crippen molar-refractivity contribution in [3.05, 3.63) is 58.6 Å². The van der Waals surface area contributed by atoms with Crippen LogP contribution < -0.4 is 5.43 Å². The number of rotatable bonds is 4. The highest BCUT2D eigenvalue weighted by Gasteiger charge is 2.13.